The van der Waals surface area contributed by atoms with Gasteiger partial charge in [-0.1, -0.05) is 6.07 Å². The Bertz CT molecular complexity index is 1650. The quantitative estimate of drug-likeness (QED) is 0.235. The number of benzene rings is 2. The maximum atomic E-state index is 14.8. The summed E-state index contributed by atoms with van der Waals surface area (Å²) in [5.41, 5.74) is -2.39. The highest BCUT2D eigenvalue weighted by Gasteiger charge is 2.30. The summed E-state index contributed by atoms with van der Waals surface area (Å²) in [6, 6.07) is 10.1. The smallest absolute Gasteiger partial charge is 0.332 e. The minimum atomic E-state index is -0.942. The molecule has 13 heteroatoms. The molecule has 0 amide bonds. The van der Waals surface area contributed by atoms with Crippen molar-refractivity contribution in [2.45, 2.75) is 13.0 Å². The van der Waals surface area contributed by atoms with E-state index in [1.54, 1.807) is 19.0 Å². The molecule has 2 aromatic heterocycles. The van der Waals surface area contributed by atoms with Gasteiger partial charge in [0.15, 0.2) is 0 Å². The summed E-state index contributed by atoms with van der Waals surface area (Å²) in [6.07, 6.45) is 1.91. The van der Waals surface area contributed by atoms with E-state index < -0.39 is 46.6 Å². The molecule has 0 bridgehead atoms. The van der Waals surface area contributed by atoms with Gasteiger partial charge in [0.25, 0.3) is 11.2 Å². The van der Waals surface area contributed by atoms with Crippen molar-refractivity contribution in [2.75, 3.05) is 27.4 Å². The molecule has 10 nitrogen and oxygen atoms in total. The van der Waals surface area contributed by atoms with Crippen LogP contribution in [0.3, 0.4) is 0 Å². The number of aromatic nitrogens is 3. The van der Waals surface area contributed by atoms with E-state index in [-0.39, 0.29) is 52.5 Å². The molecule has 0 unspecified atom stereocenters. The van der Waals surface area contributed by atoms with Crippen LogP contribution in [-0.4, -0.2) is 51.7 Å². The predicted octanol–water partition coefficient (Wildman–Crippen LogP) is 3.58. The van der Waals surface area contributed by atoms with Gasteiger partial charge in [-0.15, -0.1) is 0 Å². The summed E-state index contributed by atoms with van der Waals surface area (Å²) in [5.74, 6) is -1.67. The highest BCUT2D eigenvalue weighted by atomic mass is 19.1. The molecule has 207 valence electrons. The Morgan fingerprint density at radius 1 is 1.12 bits per heavy atom. The number of hydrogen-bond acceptors (Lipinski definition) is 7. The molecule has 0 aliphatic rings. The highest BCUT2D eigenvalue weighted by molar-refractivity contribution is 5.85. The van der Waals surface area contributed by atoms with Gasteiger partial charge in [-0.05, 0) is 43.9 Å². The summed E-state index contributed by atoms with van der Waals surface area (Å²) in [6.45, 7) is -0.995. The lowest BCUT2D eigenvalue weighted by molar-refractivity contribution is -0.385. The van der Waals surface area contributed by atoms with E-state index in [0.29, 0.717) is 0 Å². The maximum absolute atomic E-state index is 14.8. The number of hydrogen-bond donors (Lipinski definition) is 1. The molecule has 0 aliphatic heterocycles. The van der Waals surface area contributed by atoms with E-state index in [0.717, 1.165) is 29.0 Å². The Hall–Kier alpha value is -4.78. The van der Waals surface area contributed by atoms with E-state index in [1.807, 2.05) is 0 Å². The third-order valence-electron chi connectivity index (χ3n) is 5.84. The predicted molar refractivity (Wildman–Crippen MR) is 139 cm³/mol. The second-order valence-corrected chi connectivity index (χ2v) is 8.93. The van der Waals surface area contributed by atoms with Gasteiger partial charge < -0.3 is 9.64 Å². The van der Waals surface area contributed by atoms with E-state index in [4.69, 9.17) is 4.74 Å². The number of H-pyrrole nitrogens is 1. The number of nitrogens with one attached hydrogen (secondary N) is 1. The fraction of sp³-hybridized carbons (Fsp3) is 0.222. The first-order chi connectivity index (χ1) is 19.1. The number of nitro groups is 1. The van der Waals surface area contributed by atoms with Crippen molar-refractivity contribution < 1.29 is 22.8 Å². The van der Waals surface area contributed by atoms with E-state index in [1.165, 1.54) is 24.4 Å². The standard InChI is InChI=1S/C27H23F3N5O5/c1-33(2)15-18-12-17(13-19-20(29)4-3-5-21(19)30)25(34-10-8-22(36)32-27(34)37)24(26(18)35(38)39)16-6-7-23(31-14-16)40-11-9-28/h3-8,10,14H,9,11,13,15H2,1-2H3,(H,32,36,37). The molecule has 1 radical (unpaired) electrons. The molecule has 0 saturated heterocycles. The molecule has 40 heavy (non-hydrogen) atoms. The molecular formula is C27H23F3N5O5. The second kappa shape index (κ2) is 11.9. The average molecular weight is 555 g/mol. The minimum absolute atomic E-state index is 0.0159. The van der Waals surface area contributed by atoms with Crippen molar-refractivity contribution in [3.63, 3.8) is 0 Å². The molecule has 0 spiro atoms. The summed E-state index contributed by atoms with van der Waals surface area (Å²) in [4.78, 5) is 44.5. The van der Waals surface area contributed by atoms with Crippen LogP contribution in [0.15, 0.2) is 58.4 Å². The monoisotopic (exact) mass is 554 g/mol. The number of alkyl halides is 1. The van der Waals surface area contributed by atoms with Crippen molar-refractivity contribution in [1.29, 1.82) is 0 Å². The van der Waals surface area contributed by atoms with E-state index >= 15 is 0 Å². The molecule has 2 aromatic carbocycles. The van der Waals surface area contributed by atoms with Crippen molar-refractivity contribution in [2.24, 2.45) is 0 Å². The van der Waals surface area contributed by atoms with E-state index in [9.17, 15) is 32.9 Å². The van der Waals surface area contributed by atoms with Crippen LogP contribution in [0.4, 0.5) is 18.9 Å². The molecule has 0 atom stereocenters. The first-order valence-corrected chi connectivity index (χ1v) is 11.9. The average Bonchev–Trinajstić information content (AvgIpc) is 2.89. The first kappa shape index (κ1) is 28.2. The Morgan fingerprint density at radius 3 is 2.42 bits per heavy atom. The van der Waals surface area contributed by atoms with E-state index in [2.05, 4.69) is 16.0 Å². The highest BCUT2D eigenvalue weighted by Crippen LogP contribution is 2.41. The van der Waals surface area contributed by atoms with Gasteiger partial charge in [0.2, 0.25) is 5.88 Å². The molecule has 0 saturated carbocycles. The van der Waals surface area contributed by atoms with Crippen LogP contribution >= 0.6 is 0 Å². The summed E-state index contributed by atoms with van der Waals surface area (Å²) < 4.78 is 48.2. The lowest BCUT2D eigenvalue weighted by Crippen LogP contribution is -2.29. The lowest BCUT2D eigenvalue weighted by atomic mass is 9.91. The normalized spacial score (nSPS) is 11.2. The van der Waals surface area contributed by atoms with Crippen molar-refractivity contribution in [3.8, 4) is 22.7 Å². The zero-order chi connectivity index (χ0) is 29.0. The first-order valence-electron chi connectivity index (χ1n) is 11.9. The van der Waals surface area contributed by atoms with Gasteiger partial charge in [0.05, 0.1) is 21.7 Å². The number of rotatable bonds is 10. The summed E-state index contributed by atoms with van der Waals surface area (Å²) >= 11 is 0. The molecule has 2 heterocycles. The Kier molecular flexibility index (Phi) is 8.43. The Labute approximate surface area is 225 Å². The van der Waals surface area contributed by atoms with Gasteiger partial charge in [-0.25, -0.2) is 22.9 Å². The van der Waals surface area contributed by atoms with Gasteiger partial charge in [0, 0.05) is 48.6 Å². The molecule has 0 fully saturated rings. The van der Waals surface area contributed by atoms with Crippen LogP contribution in [-0.2, 0) is 13.0 Å². The molecule has 1 N–H and O–H groups in total. The van der Waals surface area contributed by atoms with Gasteiger partial charge in [-0.2, -0.15) is 0 Å². The zero-order valence-electron chi connectivity index (χ0n) is 21.4. The number of ether oxygens (including phenoxy) is 1. The van der Waals surface area contributed by atoms with Gasteiger partial charge >= 0.3 is 5.69 Å². The molecule has 4 rings (SSSR count). The number of halogens is 3. The number of nitrogens with zero attached hydrogens (tertiary/aromatic N) is 4. The van der Waals surface area contributed by atoms with Crippen molar-refractivity contribution in [3.05, 3.63) is 114 Å². The maximum Gasteiger partial charge on any atom is 0.332 e. The van der Waals surface area contributed by atoms with Crippen LogP contribution in [0.2, 0.25) is 0 Å². The molecular weight excluding hydrogens is 531 g/mol. The number of nitro benzene ring substituents is 1. The van der Waals surface area contributed by atoms with Gasteiger partial charge in [-0.3, -0.25) is 24.5 Å². The SMILES string of the molecule is CN(C)Cc1[c]c(Cc2c(F)cccc2F)c(-n2ccc(=O)[nH]c2=O)c(-c2ccc(OCCF)nc2)c1[N+](=O)[O-]. The van der Waals surface area contributed by atoms with Crippen LogP contribution in [0.5, 0.6) is 5.88 Å². The fourth-order valence-corrected chi connectivity index (χ4v) is 4.24. The van der Waals surface area contributed by atoms with Crippen LogP contribution < -0.4 is 16.0 Å². The lowest BCUT2D eigenvalue weighted by Gasteiger charge is -2.21. The molecule has 0 aliphatic carbocycles. The largest absolute Gasteiger partial charge is 0.475 e. The number of pyridine rings is 1. The van der Waals surface area contributed by atoms with Gasteiger partial charge in [0.1, 0.15) is 24.9 Å². The Morgan fingerprint density at radius 2 is 1.85 bits per heavy atom. The fourth-order valence-electron chi connectivity index (χ4n) is 4.24. The summed E-state index contributed by atoms with van der Waals surface area (Å²) in [7, 11) is 3.35. The second-order valence-electron chi connectivity index (χ2n) is 8.93. The molecule has 4 aromatic rings. The van der Waals surface area contributed by atoms with Crippen LogP contribution in [0.1, 0.15) is 16.7 Å². The third kappa shape index (κ3) is 5.94. The summed E-state index contributed by atoms with van der Waals surface area (Å²) in [5, 5.41) is 12.5. The third-order valence-corrected chi connectivity index (χ3v) is 5.84. The Balaban J connectivity index is 2.13. The van der Waals surface area contributed by atoms with Crippen LogP contribution in [0.25, 0.3) is 16.8 Å². The van der Waals surface area contributed by atoms with Crippen molar-refractivity contribution in [1.82, 2.24) is 19.4 Å². The minimum Gasteiger partial charge on any atom is -0.475 e. The van der Waals surface area contributed by atoms with Crippen molar-refractivity contribution >= 4 is 5.69 Å². The van der Waals surface area contributed by atoms with Crippen LogP contribution in [0, 0.1) is 27.8 Å². The number of aromatic amines is 1. The zero-order valence-corrected chi connectivity index (χ0v) is 21.4. The topological polar surface area (TPSA) is 123 Å².